The standard InChI is InChI=1S/C14H17ClFNO2/c15-8-1-3-11(16)10(5-8)13(18)14(7-17)6-9-2-4-12(14)19-9/h1,3,5,9,12-13,18H,2,4,6-7,17H2. The second kappa shape index (κ2) is 4.70. The van der Waals surface area contributed by atoms with Gasteiger partial charge in [0, 0.05) is 22.5 Å². The molecule has 3 rings (SSSR count). The largest absolute Gasteiger partial charge is 0.388 e. The third-order valence-electron chi connectivity index (χ3n) is 4.53. The molecule has 3 nitrogen and oxygen atoms in total. The fourth-order valence-corrected chi connectivity index (χ4v) is 3.66. The van der Waals surface area contributed by atoms with Gasteiger partial charge in [0.05, 0.1) is 18.3 Å². The Hall–Kier alpha value is -0.680. The number of hydrogen-bond acceptors (Lipinski definition) is 3. The summed E-state index contributed by atoms with van der Waals surface area (Å²) in [6, 6.07) is 4.23. The number of rotatable bonds is 3. The number of ether oxygens (including phenoxy) is 1. The van der Waals surface area contributed by atoms with Gasteiger partial charge in [0.15, 0.2) is 0 Å². The van der Waals surface area contributed by atoms with Gasteiger partial charge in [0.25, 0.3) is 0 Å². The lowest BCUT2D eigenvalue weighted by Crippen LogP contribution is -2.44. The van der Waals surface area contributed by atoms with Crippen molar-refractivity contribution in [3.8, 4) is 0 Å². The molecule has 0 aromatic heterocycles. The van der Waals surface area contributed by atoms with E-state index in [2.05, 4.69) is 0 Å². The lowest BCUT2D eigenvalue weighted by Gasteiger charge is -2.38. The normalized spacial score (nSPS) is 34.7. The Labute approximate surface area is 116 Å². The number of benzene rings is 1. The summed E-state index contributed by atoms with van der Waals surface area (Å²) in [6.45, 7) is 0.279. The van der Waals surface area contributed by atoms with Crippen LogP contribution in [0.2, 0.25) is 5.02 Å². The highest BCUT2D eigenvalue weighted by Crippen LogP contribution is 2.54. The molecule has 2 heterocycles. The van der Waals surface area contributed by atoms with E-state index < -0.39 is 17.3 Å². The maximum atomic E-state index is 13.9. The first-order chi connectivity index (χ1) is 9.06. The maximum absolute atomic E-state index is 13.9. The molecule has 19 heavy (non-hydrogen) atoms. The predicted molar refractivity (Wildman–Crippen MR) is 70.4 cm³/mol. The first-order valence-electron chi connectivity index (χ1n) is 6.55. The zero-order chi connectivity index (χ0) is 13.6. The van der Waals surface area contributed by atoms with Crippen molar-refractivity contribution in [1.29, 1.82) is 0 Å². The highest BCUT2D eigenvalue weighted by atomic mass is 35.5. The topological polar surface area (TPSA) is 55.5 Å². The van der Waals surface area contributed by atoms with E-state index in [0.717, 1.165) is 12.8 Å². The lowest BCUT2D eigenvalue weighted by molar-refractivity contribution is -0.0279. The summed E-state index contributed by atoms with van der Waals surface area (Å²) in [5, 5.41) is 11.0. The van der Waals surface area contributed by atoms with Crippen molar-refractivity contribution in [2.45, 2.75) is 37.6 Å². The van der Waals surface area contributed by atoms with E-state index in [1.807, 2.05) is 0 Å². The van der Waals surface area contributed by atoms with E-state index in [9.17, 15) is 9.50 Å². The quantitative estimate of drug-likeness (QED) is 0.897. The smallest absolute Gasteiger partial charge is 0.129 e. The minimum absolute atomic E-state index is 0.0871. The number of aliphatic hydroxyl groups is 1. The van der Waals surface area contributed by atoms with Gasteiger partial charge in [0.2, 0.25) is 0 Å². The molecule has 3 N–H and O–H groups in total. The van der Waals surface area contributed by atoms with Gasteiger partial charge in [-0.15, -0.1) is 0 Å². The molecule has 1 aromatic rings. The Morgan fingerprint density at radius 2 is 2.32 bits per heavy atom. The molecule has 4 unspecified atom stereocenters. The number of halogens is 2. The molecule has 2 saturated heterocycles. The molecule has 0 saturated carbocycles. The van der Waals surface area contributed by atoms with Gasteiger partial charge in [-0.05, 0) is 37.5 Å². The fraction of sp³-hybridized carbons (Fsp3) is 0.571. The summed E-state index contributed by atoms with van der Waals surface area (Å²) in [6.07, 6.45) is 1.63. The average Bonchev–Trinajstić information content (AvgIpc) is 3.01. The van der Waals surface area contributed by atoms with Crippen molar-refractivity contribution in [2.24, 2.45) is 11.1 Å². The van der Waals surface area contributed by atoms with Crippen molar-refractivity contribution < 1.29 is 14.2 Å². The van der Waals surface area contributed by atoms with Gasteiger partial charge in [-0.25, -0.2) is 4.39 Å². The number of fused-ring (bicyclic) bond motifs is 2. The Morgan fingerprint density at radius 1 is 1.53 bits per heavy atom. The molecule has 2 bridgehead atoms. The summed E-state index contributed by atoms with van der Waals surface area (Å²) in [7, 11) is 0. The second-order valence-electron chi connectivity index (χ2n) is 5.53. The van der Waals surface area contributed by atoms with Crippen molar-refractivity contribution in [3.63, 3.8) is 0 Å². The molecule has 0 radical (unpaired) electrons. The van der Waals surface area contributed by atoms with Crippen molar-refractivity contribution in [1.82, 2.24) is 0 Å². The third-order valence-corrected chi connectivity index (χ3v) is 4.77. The van der Waals surface area contributed by atoms with Gasteiger partial charge < -0.3 is 15.6 Å². The third kappa shape index (κ3) is 1.98. The summed E-state index contributed by atoms with van der Waals surface area (Å²) < 4.78 is 19.7. The minimum Gasteiger partial charge on any atom is -0.388 e. The van der Waals surface area contributed by atoms with Crippen LogP contribution in [0.1, 0.15) is 30.9 Å². The zero-order valence-electron chi connectivity index (χ0n) is 10.5. The zero-order valence-corrected chi connectivity index (χ0v) is 11.2. The molecule has 2 fully saturated rings. The van der Waals surface area contributed by atoms with E-state index in [0.29, 0.717) is 11.4 Å². The molecule has 5 heteroatoms. The van der Waals surface area contributed by atoms with Crippen molar-refractivity contribution >= 4 is 11.6 Å². The van der Waals surface area contributed by atoms with E-state index in [4.69, 9.17) is 22.1 Å². The van der Waals surface area contributed by atoms with E-state index >= 15 is 0 Å². The summed E-state index contributed by atoms with van der Waals surface area (Å²) in [5.41, 5.74) is 5.51. The monoisotopic (exact) mass is 285 g/mol. The first kappa shape index (κ1) is 13.3. The fourth-order valence-electron chi connectivity index (χ4n) is 3.48. The van der Waals surface area contributed by atoms with Crippen LogP contribution in [0.4, 0.5) is 4.39 Å². The second-order valence-corrected chi connectivity index (χ2v) is 5.97. The van der Waals surface area contributed by atoms with Gasteiger partial charge in [0.1, 0.15) is 5.82 Å². The minimum atomic E-state index is -0.980. The molecular formula is C14H17ClFNO2. The molecule has 4 atom stereocenters. The van der Waals surface area contributed by atoms with Crippen LogP contribution < -0.4 is 5.73 Å². The highest BCUT2D eigenvalue weighted by Gasteiger charge is 2.56. The molecular weight excluding hydrogens is 269 g/mol. The van der Waals surface area contributed by atoms with Gasteiger partial charge in [-0.2, -0.15) is 0 Å². The Kier molecular flexibility index (Phi) is 3.29. The van der Waals surface area contributed by atoms with E-state index in [1.165, 1.54) is 18.2 Å². The van der Waals surface area contributed by atoms with Crippen LogP contribution in [-0.2, 0) is 4.74 Å². The van der Waals surface area contributed by atoms with Crippen LogP contribution >= 0.6 is 11.6 Å². The van der Waals surface area contributed by atoms with Crippen molar-refractivity contribution in [2.75, 3.05) is 6.54 Å². The van der Waals surface area contributed by atoms with Crippen LogP contribution in [0.3, 0.4) is 0 Å². The number of aliphatic hydroxyl groups excluding tert-OH is 1. The Morgan fingerprint density at radius 3 is 2.89 bits per heavy atom. The van der Waals surface area contributed by atoms with Crippen LogP contribution in [0.5, 0.6) is 0 Å². The first-order valence-corrected chi connectivity index (χ1v) is 6.93. The van der Waals surface area contributed by atoms with Crippen LogP contribution in [0.25, 0.3) is 0 Å². The molecule has 2 aliphatic rings. The Bertz CT molecular complexity index is 498. The highest BCUT2D eigenvalue weighted by molar-refractivity contribution is 6.30. The average molecular weight is 286 g/mol. The van der Waals surface area contributed by atoms with E-state index in [1.54, 1.807) is 0 Å². The molecule has 2 aliphatic heterocycles. The summed E-state index contributed by atoms with van der Waals surface area (Å²) in [5.74, 6) is -0.451. The van der Waals surface area contributed by atoms with Gasteiger partial charge in [-0.3, -0.25) is 0 Å². The lowest BCUT2D eigenvalue weighted by atomic mass is 9.68. The summed E-state index contributed by atoms with van der Waals surface area (Å²) in [4.78, 5) is 0. The van der Waals surface area contributed by atoms with Crippen LogP contribution in [0, 0.1) is 11.2 Å². The maximum Gasteiger partial charge on any atom is 0.129 e. The summed E-state index contributed by atoms with van der Waals surface area (Å²) >= 11 is 5.89. The molecule has 0 aliphatic carbocycles. The molecule has 104 valence electrons. The van der Waals surface area contributed by atoms with Gasteiger partial charge in [-0.1, -0.05) is 11.6 Å². The molecule has 0 amide bonds. The van der Waals surface area contributed by atoms with Gasteiger partial charge >= 0.3 is 0 Å². The van der Waals surface area contributed by atoms with E-state index in [-0.39, 0.29) is 24.3 Å². The molecule has 0 spiro atoms. The van der Waals surface area contributed by atoms with Crippen molar-refractivity contribution in [3.05, 3.63) is 34.6 Å². The van der Waals surface area contributed by atoms with Crippen LogP contribution in [-0.4, -0.2) is 23.9 Å². The number of nitrogens with two attached hydrogens (primary N) is 1. The van der Waals surface area contributed by atoms with Crippen LogP contribution in [0.15, 0.2) is 18.2 Å². The predicted octanol–water partition coefficient (Wildman–Crippen LogP) is 2.41. The SMILES string of the molecule is NCC1(C(O)c2cc(Cl)ccc2F)CC2CCC1O2. The number of hydrogen-bond donors (Lipinski definition) is 2. The Balaban J connectivity index is 1.98. The molecule has 1 aromatic carbocycles.